The van der Waals surface area contributed by atoms with Crippen LogP contribution in [0.4, 0.5) is 0 Å². The molecule has 29 N–H and O–H groups in total. The number of para-hydroxylation sites is 3. The summed E-state index contributed by atoms with van der Waals surface area (Å²) in [6.07, 6.45) is 7.50. The molecule has 0 fully saturated rings. The van der Waals surface area contributed by atoms with Gasteiger partial charge in [0, 0.05) is 95.2 Å². The highest BCUT2D eigenvalue weighted by atomic mass is 32.1. The molecule has 104 heavy (non-hydrogen) atoms. The van der Waals surface area contributed by atoms with E-state index in [0.29, 0.717) is 90.1 Å². The molecule has 6 aromatic rings. The quantitative estimate of drug-likeness (QED) is 0.00875. The number of aliphatic imine (C=N–C) groups is 2. The van der Waals surface area contributed by atoms with Crippen LogP contribution in [0.5, 0.6) is 0 Å². The topological polar surface area (TPSA) is 579 Å². The van der Waals surface area contributed by atoms with Crippen molar-refractivity contribution in [3.8, 4) is 0 Å². The fraction of sp³-hybridized carbons (Fsp3) is 0.478. The number of fused-ring (bicyclic) bond motifs is 3. The van der Waals surface area contributed by atoms with E-state index in [0.717, 1.165) is 10.9 Å². The standard InChI is InChI=1S/C69H102N22O11S2/c70-26-10-7-18-45(73)58(92)90-56(37-103)66(100)89-54(32-40-35-81-47-20-5-2-16-43(40)47)63(97)85-51(25-14-30-79-69(76)77)61(95)87-53(31-39-34-80-46-19-4-1-15-42(39)46)62(96)84-49(22-8-11-27-71)59(93)83-50(24-13-29-78-68(74)75)60(94)88-55(33-41-36-82-48-21-6-3-17-44(41)48)64(98)91-57(38-104)65(99)86-52(67(101)102)23-9-12-28-72/h1-6,15-17,19-21,34-36,45,49-57,80-82,103-104H,7-14,18,22-33,37-38,70-73H2,(H,83,93)(H,84,96)(H,85,97)(H,86,99)(H,87,95)(H,88,94)(H,89,100)(H,90,92)(H,91,98)(H,101,102)(H4,74,75,78)(H4,76,77,79)/t45-,49-,50-,51-,52-,53-,54-,55-,56-,57-/m0/s1. The van der Waals surface area contributed by atoms with E-state index in [-0.39, 0.29) is 107 Å². The third-order valence-corrected chi connectivity index (χ3v) is 18.2. The van der Waals surface area contributed by atoms with E-state index in [1.54, 1.807) is 55.0 Å². The Kier molecular flexibility index (Phi) is 34.5. The molecule has 0 spiro atoms. The first-order chi connectivity index (χ1) is 50.0. The monoisotopic (exact) mass is 1480 g/mol. The van der Waals surface area contributed by atoms with Gasteiger partial charge in [-0.2, -0.15) is 25.3 Å². The third kappa shape index (κ3) is 26.1. The van der Waals surface area contributed by atoms with Gasteiger partial charge in [0.25, 0.3) is 0 Å². The van der Waals surface area contributed by atoms with Crippen molar-refractivity contribution in [3.05, 3.63) is 108 Å². The lowest BCUT2D eigenvalue weighted by atomic mass is 10.0. The fourth-order valence-electron chi connectivity index (χ4n) is 11.7. The maximum absolute atomic E-state index is 15.3. The van der Waals surface area contributed by atoms with Crippen LogP contribution in [0.25, 0.3) is 32.7 Å². The predicted molar refractivity (Wildman–Crippen MR) is 405 cm³/mol. The fourth-order valence-corrected chi connectivity index (χ4v) is 12.2. The highest BCUT2D eigenvalue weighted by molar-refractivity contribution is 7.80. The van der Waals surface area contributed by atoms with Gasteiger partial charge in [0.15, 0.2) is 11.9 Å². The Hall–Kier alpha value is -9.94. The minimum Gasteiger partial charge on any atom is -0.480 e. The number of rotatable bonds is 47. The molecule has 0 saturated heterocycles. The molecular formula is C69H102N22O11S2. The number of hydrogen-bond acceptors (Lipinski definition) is 18. The van der Waals surface area contributed by atoms with E-state index < -0.39 is 120 Å². The molecule has 6 rings (SSSR count). The smallest absolute Gasteiger partial charge is 0.326 e. The van der Waals surface area contributed by atoms with Crippen molar-refractivity contribution < 1.29 is 53.1 Å². The van der Waals surface area contributed by atoms with E-state index in [1.807, 2.05) is 36.4 Å². The third-order valence-electron chi connectivity index (χ3n) is 17.4. The normalized spacial score (nSPS) is 14.2. The largest absolute Gasteiger partial charge is 0.480 e. The molecular weight excluding hydrogens is 1380 g/mol. The number of aromatic nitrogens is 3. The van der Waals surface area contributed by atoms with Crippen LogP contribution in [-0.2, 0) is 67.2 Å². The molecule has 9 amide bonds. The van der Waals surface area contributed by atoms with E-state index in [4.69, 9.17) is 45.9 Å². The van der Waals surface area contributed by atoms with Crippen molar-refractivity contribution in [2.75, 3.05) is 44.2 Å². The molecule has 566 valence electrons. The Bertz CT molecular complexity index is 3890. The van der Waals surface area contributed by atoms with Crippen LogP contribution in [0, 0.1) is 0 Å². The molecule has 10 atom stereocenters. The molecule has 3 aromatic heterocycles. The zero-order chi connectivity index (χ0) is 75.7. The number of carboxylic acid groups (broad SMARTS) is 1. The van der Waals surface area contributed by atoms with Crippen LogP contribution in [0.2, 0.25) is 0 Å². The van der Waals surface area contributed by atoms with Crippen molar-refractivity contribution in [3.63, 3.8) is 0 Å². The van der Waals surface area contributed by atoms with Gasteiger partial charge in [-0.1, -0.05) is 61.0 Å². The minimum absolute atomic E-state index is 0.00158. The molecule has 35 heteroatoms. The highest BCUT2D eigenvalue weighted by Crippen LogP contribution is 2.23. The summed E-state index contributed by atoms with van der Waals surface area (Å²) in [7, 11) is 0. The number of carbonyl (C=O) groups excluding carboxylic acids is 9. The molecule has 0 bridgehead atoms. The summed E-state index contributed by atoms with van der Waals surface area (Å²) in [6, 6.07) is 8.01. The second-order valence-corrected chi connectivity index (χ2v) is 26.0. The number of carboxylic acids is 1. The second-order valence-electron chi connectivity index (χ2n) is 25.3. The summed E-state index contributed by atoms with van der Waals surface area (Å²) in [5.74, 6) is -9.71. The van der Waals surface area contributed by atoms with Gasteiger partial charge in [-0.15, -0.1) is 0 Å². The molecule has 0 aliphatic carbocycles. The van der Waals surface area contributed by atoms with Crippen molar-refractivity contribution in [2.45, 2.75) is 163 Å². The van der Waals surface area contributed by atoms with Gasteiger partial charge in [0.1, 0.15) is 54.4 Å². The van der Waals surface area contributed by atoms with Gasteiger partial charge < -0.3 is 114 Å². The lowest BCUT2D eigenvalue weighted by molar-refractivity contribution is -0.142. The number of thiol groups is 2. The van der Waals surface area contributed by atoms with Crippen LogP contribution >= 0.6 is 25.3 Å². The zero-order valence-corrected chi connectivity index (χ0v) is 59.9. The molecule has 0 unspecified atom stereocenters. The Labute approximate surface area is 613 Å². The lowest BCUT2D eigenvalue weighted by Crippen LogP contribution is -2.61. The number of carbonyl (C=O) groups is 10. The van der Waals surface area contributed by atoms with Crippen LogP contribution < -0.4 is 93.7 Å². The van der Waals surface area contributed by atoms with Crippen molar-refractivity contribution in [1.82, 2.24) is 62.8 Å². The molecule has 33 nitrogen and oxygen atoms in total. The lowest BCUT2D eigenvalue weighted by Gasteiger charge is -2.28. The molecule has 3 aromatic carbocycles. The summed E-state index contributed by atoms with van der Waals surface area (Å²) in [5, 5.41) is 36.6. The van der Waals surface area contributed by atoms with Crippen LogP contribution in [0.15, 0.2) is 101 Å². The summed E-state index contributed by atoms with van der Waals surface area (Å²) in [5.41, 5.74) is 50.0. The van der Waals surface area contributed by atoms with E-state index in [9.17, 15) is 33.9 Å². The zero-order valence-electron chi connectivity index (χ0n) is 58.1. The van der Waals surface area contributed by atoms with E-state index in [2.05, 4.69) is 98.0 Å². The Morgan fingerprint density at radius 1 is 0.365 bits per heavy atom. The first kappa shape index (κ1) is 83.0. The van der Waals surface area contributed by atoms with Crippen molar-refractivity contribution >= 4 is 129 Å². The highest BCUT2D eigenvalue weighted by Gasteiger charge is 2.37. The number of nitrogens with one attached hydrogen (secondary N) is 12. The predicted octanol–water partition coefficient (Wildman–Crippen LogP) is -1.71. The van der Waals surface area contributed by atoms with Crippen LogP contribution in [0.3, 0.4) is 0 Å². The number of guanidine groups is 2. The number of nitrogens with two attached hydrogens (primary N) is 8. The average molecular weight is 1480 g/mol. The molecule has 0 radical (unpaired) electrons. The van der Waals surface area contributed by atoms with E-state index in [1.165, 1.54) is 0 Å². The number of nitrogens with zero attached hydrogens (tertiary/aromatic N) is 2. The van der Waals surface area contributed by atoms with Gasteiger partial charge in [-0.05, 0) is 132 Å². The molecule has 0 aliphatic rings. The first-order valence-corrected chi connectivity index (χ1v) is 36.0. The van der Waals surface area contributed by atoms with Crippen LogP contribution in [-0.4, -0.2) is 196 Å². The molecule has 0 saturated carbocycles. The van der Waals surface area contributed by atoms with Crippen molar-refractivity contribution in [2.24, 2.45) is 55.9 Å². The number of benzene rings is 3. The van der Waals surface area contributed by atoms with E-state index >= 15 is 19.2 Å². The van der Waals surface area contributed by atoms with Gasteiger partial charge in [-0.3, -0.25) is 53.1 Å². The van der Waals surface area contributed by atoms with Crippen LogP contribution in [0.1, 0.15) is 100 Å². The first-order valence-electron chi connectivity index (χ1n) is 34.8. The maximum Gasteiger partial charge on any atom is 0.326 e. The number of hydrogen-bond donors (Lipinski definition) is 23. The summed E-state index contributed by atoms with van der Waals surface area (Å²) in [4.78, 5) is 161. The van der Waals surface area contributed by atoms with Gasteiger partial charge in [0.05, 0.1) is 6.04 Å². The minimum atomic E-state index is -1.51. The van der Waals surface area contributed by atoms with Crippen molar-refractivity contribution in [1.29, 1.82) is 0 Å². The molecule has 3 heterocycles. The Balaban J connectivity index is 1.33. The Morgan fingerprint density at radius 2 is 0.635 bits per heavy atom. The average Bonchev–Trinajstić information content (AvgIpc) is 1.68. The van der Waals surface area contributed by atoms with Gasteiger partial charge in [-0.25, -0.2) is 4.79 Å². The van der Waals surface area contributed by atoms with Gasteiger partial charge >= 0.3 is 5.97 Å². The SMILES string of the molecule is NCCCC[C@H](NC(=O)[C@H](CS)NC(=O)[C@H](Cc1c[nH]c2ccccc12)NC(=O)[C@H](CCCN=C(N)N)NC(=O)[C@H](CCCCN)NC(=O)[C@H](Cc1c[nH]c2ccccc12)NC(=O)[C@H](CCCN=C(N)N)NC(=O)[C@H](Cc1c[nH]c2ccccc12)NC(=O)[C@H](CS)NC(=O)[C@@H](N)CCCCN)C(=O)O. The summed E-state index contributed by atoms with van der Waals surface area (Å²) < 4.78 is 0. The number of amides is 9. The summed E-state index contributed by atoms with van der Waals surface area (Å²) in [6.45, 7) is 0.896. The second kappa shape index (κ2) is 43.2. The number of unbranched alkanes of at least 4 members (excludes halogenated alkanes) is 3. The maximum atomic E-state index is 15.3. The summed E-state index contributed by atoms with van der Waals surface area (Å²) >= 11 is 8.68. The number of aromatic amines is 3. The Morgan fingerprint density at radius 3 is 0.962 bits per heavy atom. The number of aliphatic carboxylic acids is 1. The molecule has 0 aliphatic heterocycles. The number of H-pyrrole nitrogens is 3. The van der Waals surface area contributed by atoms with Gasteiger partial charge in [0.2, 0.25) is 53.2 Å².